The molecule has 0 saturated heterocycles. The Morgan fingerprint density at radius 3 is 2.47 bits per heavy atom. The van der Waals surface area contributed by atoms with Crippen molar-refractivity contribution in [2.45, 2.75) is 27.4 Å². The number of nitrogens with zero attached hydrogens (tertiary/aromatic N) is 1. The number of nitrogens with one attached hydrogen (secondary N) is 1. The molecule has 0 heterocycles. The molecule has 0 bridgehead atoms. The monoisotopic (exact) mass is 432 g/mol. The van der Waals surface area contributed by atoms with Gasteiger partial charge in [-0.3, -0.25) is 4.79 Å². The van der Waals surface area contributed by atoms with Crippen molar-refractivity contribution in [3.05, 3.63) is 89.0 Å². The SMILES string of the molecule is CCOc1cc(/C=N\NC(=O)COc2ccc(C)c(C)c2)ccc1OCc1ccccc1. The minimum Gasteiger partial charge on any atom is -0.490 e. The predicted molar refractivity (Wildman–Crippen MR) is 126 cm³/mol. The Balaban J connectivity index is 1.54. The van der Waals surface area contributed by atoms with Crippen molar-refractivity contribution in [1.29, 1.82) is 0 Å². The van der Waals surface area contributed by atoms with E-state index < -0.39 is 0 Å². The van der Waals surface area contributed by atoms with Crippen molar-refractivity contribution in [2.75, 3.05) is 13.2 Å². The predicted octanol–water partition coefficient (Wildman–Crippen LogP) is 4.81. The second-order valence-corrected chi connectivity index (χ2v) is 7.24. The molecular formula is C26H28N2O4. The zero-order valence-electron chi connectivity index (χ0n) is 18.6. The molecule has 0 aliphatic carbocycles. The standard InChI is InChI=1S/C26H28N2O4/c1-4-30-25-15-22(11-13-24(25)32-17-21-8-6-5-7-9-21)16-27-28-26(29)18-31-23-12-10-19(2)20(3)14-23/h5-16H,4,17-18H2,1-3H3,(H,28,29)/b27-16-. The molecule has 0 unspecified atom stereocenters. The number of rotatable bonds is 10. The van der Waals surface area contributed by atoms with Crippen molar-refractivity contribution in [3.63, 3.8) is 0 Å². The van der Waals surface area contributed by atoms with Crippen LogP contribution < -0.4 is 19.6 Å². The fraction of sp³-hybridized carbons (Fsp3) is 0.231. The van der Waals surface area contributed by atoms with Gasteiger partial charge in [-0.1, -0.05) is 36.4 Å². The van der Waals surface area contributed by atoms with Crippen LogP contribution in [0.2, 0.25) is 0 Å². The van der Waals surface area contributed by atoms with Gasteiger partial charge < -0.3 is 14.2 Å². The van der Waals surface area contributed by atoms with Gasteiger partial charge in [0.1, 0.15) is 12.4 Å². The summed E-state index contributed by atoms with van der Waals surface area (Å²) in [5.41, 5.74) is 6.61. The van der Waals surface area contributed by atoms with E-state index in [1.54, 1.807) is 6.21 Å². The van der Waals surface area contributed by atoms with Crippen molar-refractivity contribution in [2.24, 2.45) is 5.10 Å². The van der Waals surface area contributed by atoms with E-state index in [0.717, 1.165) is 16.7 Å². The summed E-state index contributed by atoms with van der Waals surface area (Å²) in [6.45, 7) is 6.79. The van der Waals surface area contributed by atoms with Gasteiger partial charge in [-0.15, -0.1) is 0 Å². The second-order valence-electron chi connectivity index (χ2n) is 7.24. The lowest BCUT2D eigenvalue weighted by Gasteiger charge is -2.12. The lowest BCUT2D eigenvalue weighted by molar-refractivity contribution is -0.123. The third-order valence-corrected chi connectivity index (χ3v) is 4.76. The van der Waals surface area contributed by atoms with Gasteiger partial charge in [0.05, 0.1) is 12.8 Å². The van der Waals surface area contributed by atoms with Crippen LogP contribution in [0.1, 0.15) is 29.2 Å². The Labute approximate surface area is 188 Å². The van der Waals surface area contributed by atoms with Crippen LogP contribution >= 0.6 is 0 Å². The van der Waals surface area contributed by atoms with Gasteiger partial charge in [-0.25, -0.2) is 5.43 Å². The topological polar surface area (TPSA) is 69.2 Å². The molecular weight excluding hydrogens is 404 g/mol. The number of carbonyl (C=O) groups excluding carboxylic acids is 1. The number of hydrogen-bond donors (Lipinski definition) is 1. The van der Waals surface area contributed by atoms with Crippen LogP contribution in [-0.2, 0) is 11.4 Å². The lowest BCUT2D eigenvalue weighted by Crippen LogP contribution is -2.24. The first kappa shape index (κ1) is 22.9. The quantitative estimate of drug-likeness (QED) is 0.369. The van der Waals surface area contributed by atoms with E-state index >= 15 is 0 Å². The van der Waals surface area contributed by atoms with Crippen molar-refractivity contribution < 1.29 is 19.0 Å². The molecule has 6 nitrogen and oxygen atoms in total. The van der Waals surface area contributed by atoms with E-state index in [1.165, 1.54) is 5.56 Å². The van der Waals surface area contributed by atoms with Crippen LogP contribution in [-0.4, -0.2) is 25.3 Å². The van der Waals surface area contributed by atoms with Gasteiger partial charge in [0, 0.05) is 0 Å². The molecule has 1 N–H and O–H groups in total. The highest BCUT2D eigenvalue weighted by Crippen LogP contribution is 2.29. The van der Waals surface area contributed by atoms with Gasteiger partial charge in [-0.2, -0.15) is 5.10 Å². The molecule has 0 radical (unpaired) electrons. The summed E-state index contributed by atoms with van der Waals surface area (Å²) in [6.07, 6.45) is 1.55. The van der Waals surface area contributed by atoms with Gasteiger partial charge >= 0.3 is 0 Å². The summed E-state index contributed by atoms with van der Waals surface area (Å²) < 4.78 is 17.1. The summed E-state index contributed by atoms with van der Waals surface area (Å²) in [5.74, 6) is 1.59. The maximum absolute atomic E-state index is 12.0. The van der Waals surface area contributed by atoms with Crippen molar-refractivity contribution in [1.82, 2.24) is 5.43 Å². The maximum atomic E-state index is 12.0. The van der Waals surface area contributed by atoms with Crippen LogP contribution in [0.25, 0.3) is 0 Å². The van der Waals surface area contributed by atoms with E-state index in [9.17, 15) is 4.79 Å². The molecule has 0 atom stereocenters. The Bertz CT molecular complexity index is 1060. The van der Waals surface area contributed by atoms with Crippen LogP contribution in [0.3, 0.4) is 0 Å². The minimum absolute atomic E-state index is 0.115. The Morgan fingerprint density at radius 1 is 0.906 bits per heavy atom. The Hall–Kier alpha value is -3.80. The zero-order valence-corrected chi connectivity index (χ0v) is 18.6. The molecule has 32 heavy (non-hydrogen) atoms. The molecule has 3 rings (SSSR count). The normalized spacial score (nSPS) is 10.7. The molecule has 3 aromatic carbocycles. The van der Waals surface area contributed by atoms with Gasteiger partial charge in [-0.05, 0) is 73.4 Å². The molecule has 0 saturated carbocycles. The number of benzene rings is 3. The van der Waals surface area contributed by atoms with Gasteiger partial charge in [0.25, 0.3) is 5.91 Å². The lowest BCUT2D eigenvalue weighted by atomic mass is 10.1. The maximum Gasteiger partial charge on any atom is 0.277 e. The van der Waals surface area contributed by atoms with Crippen molar-refractivity contribution in [3.8, 4) is 17.2 Å². The zero-order chi connectivity index (χ0) is 22.8. The third-order valence-electron chi connectivity index (χ3n) is 4.76. The molecule has 0 aliphatic rings. The van der Waals surface area contributed by atoms with E-state index in [-0.39, 0.29) is 12.5 Å². The van der Waals surface area contributed by atoms with Gasteiger partial charge in [0.2, 0.25) is 0 Å². The van der Waals surface area contributed by atoms with E-state index in [0.29, 0.717) is 30.5 Å². The highest BCUT2D eigenvalue weighted by atomic mass is 16.5. The molecule has 6 heteroatoms. The number of amides is 1. The number of aryl methyl sites for hydroxylation is 2. The smallest absolute Gasteiger partial charge is 0.277 e. The summed E-state index contributed by atoms with van der Waals surface area (Å²) in [4.78, 5) is 12.0. The van der Waals surface area contributed by atoms with Crippen LogP contribution in [0.15, 0.2) is 71.8 Å². The molecule has 1 amide bonds. The number of carbonyl (C=O) groups is 1. The average Bonchev–Trinajstić information content (AvgIpc) is 2.80. The van der Waals surface area contributed by atoms with Gasteiger partial charge in [0.15, 0.2) is 18.1 Å². The fourth-order valence-electron chi connectivity index (χ4n) is 2.89. The highest BCUT2D eigenvalue weighted by molar-refractivity contribution is 5.83. The van der Waals surface area contributed by atoms with Crippen LogP contribution in [0.4, 0.5) is 0 Å². The first-order valence-electron chi connectivity index (χ1n) is 10.5. The number of ether oxygens (including phenoxy) is 3. The van der Waals surface area contributed by atoms with E-state index in [2.05, 4.69) is 10.5 Å². The average molecular weight is 433 g/mol. The molecule has 0 fully saturated rings. The molecule has 0 aromatic heterocycles. The minimum atomic E-state index is -0.340. The summed E-state index contributed by atoms with van der Waals surface area (Å²) in [6, 6.07) is 21.2. The fourth-order valence-corrected chi connectivity index (χ4v) is 2.89. The summed E-state index contributed by atoms with van der Waals surface area (Å²) in [5, 5.41) is 4.01. The first-order chi connectivity index (χ1) is 15.5. The molecule has 0 aliphatic heterocycles. The van der Waals surface area contributed by atoms with Crippen LogP contribution in [0, 0.1) is 13.8 Å². The first-order valence-corrected chi connectivity index (χ1v) is 10.5. The van der Waals surface area contributed by atoms with E-state index in [1.807, 2.05) is 87.5 Å². The number of hydrogen-bond acceptors (Lipinski definition) is 5. The second kappa shape index (κ2) is 11.6. The Morgan fingerprint density at radius 2 is 1.72 bits per heavy atom. The molecule has 3 aromatic rings. The highest BCUT2D eigenvalue weighted by Gasteiger charge is 2.07. The summed E-state index contributed by atoms with van der Waals surface area (Å²) >= 11 is 0. The molecule has 166 valence electrons. The van der Waals surface area contributed by atoms with E-state index in [4.69, 9.17) is 14.2 Å². The third kappa shape index (κ3) is 6.87. The largest absolute Gasteiger partial charge is 0.490 e. The van der Waals surface area contributed by atoms with Crippen molar-refractivity contribution >= 4 is 12.1 Å². The van der Waals surface area contributed by atoms with Crippen LogP contribution in [0.5, 0.6) is 17.2 Å². The number of hydrazone groups is 1. The Kier molecular flexibility index (Phi) is 8.26. The summed E-state index contributed by atoms with van der Waals surface area (Å²) in [7, 11) is 0. The molecule has 0 spiro atoms.